The normalized spacial score (nSPS) is 10.8. The van der Waals surface area contributed by atoms with E-state index in [2.05, 4.69) is 35.5 Å². The van der Waals surface area contributed by atoms with Crippen molar-refractivity contribution in [1.82, 2.24) is 9.78 Å². The van der Waals surface area contributed by atoms with Gasteiger partial charge in [0.25, 0.3) is 5.91 Å². The topological polar surface area (TPSA) is 56.2 Å². The Labute approximate surface area is 153 Å². The van der Waals surface area contributed by atoms with Gasteiger partial charge in [-0.2, -0.15) is 5.10 Å². The van der Waals surface area contributed by atoms with Crippen molar-refractivity contribution in [2.24, 2.45) is 0 Å². The molecule has 5 heteroatoms. The molecule has 3 rings (SSSR count). The largest absolute Gasteiger partial charge is 0.491 e. The van der Waals surface area contributed by atoms with E-state index in [1.165, 1.54) is 11.1 Å². The number of hydrogen-bond donors (Lipinski definition) is 1. The van der Waals surface area contributed by atoms with Crippen LogP contribution in [-0.4, -0.2) is 21.8 Å². The number of carbonyl (C=O) groups excluding carboxylic acids is 1. The van der Waals surface area contributed by atoms with Gasteiger partial charge < -0.3 is 10.1 Å². The minimum Gasteiger partial charge on any atom is -0.491 e. The Morgan fingerprint density at radius 1 is 1.19 bits per heavy atom. The van der Waals surface area contributed by atoms with Crippen molar-refractivity contribution >= 4 is 11.6 Å². The molecule has 0 aliphatic rings. The van der Waals surface area contributed by atoms with Gasteiger partial charge in [0.1, 0.15) is 5.75 Å². The predicted octanol–water partition coefficient (Wildman–Crippen LogP) is 4.28. The monoisotopic (exact) mass is 349 g/mol. The van der Waals surface area contributed by atoms with Gasteiger partial charge in [0.05, 0.1) is 24.5 Å². The molecule has 26 heavy (non-hydrogen) atoms. The summed E-state index contributed by atoms with van der Waals surface area (Å²) in [5, 5.41) is 7.19. The van der Waals surface area contributed by atoms with Crippen molar-refractivity contribution in [2.75, 3.05) is 5.32 Å². The highest BCUT2D eigenvalue weighted by Gasteiger charge is 2.08. The third-order valence-corrected chi connectivity index (χ3v) is 3.81. The average Bonchev–Trinajstić information content (AvgIpc) is 3.02. The minimum atomic E-state index is -0.170. The summed E-state index contributed by atoms with van der Waals surface area (Å²) in [7, 11) is 0. The van der Waals surface area contributed by atoms with E-state index < -0.39 is 0 Å². The molecule has 1 amide bonds. The van der Waals surface area contributed by atoms with Crippen LogP contribution in [0.25, 0.3) is 0 Å². The van der Waals surface area contributed by atoms with E-state index in [9.17, 15) is 4.79 Å². The zero-order valence-corrected chi connectivity index (χ0v) is 15.3. The van der Waals surface area contributed by atoms with Gasteiger partial charge in [-0.05, 0) is 50.6 Å². The zero-order chi connectivity index (χ0) is 18.5. The molecule has 0 saturated carbocycles. The van der Waals surface area contributed by atoms with Gasteiger partial charge in [0.2, 0.25) is 0 Å². The molecule has 0 aliphatic heterocycles. The fourth-order valence-electron chi connectivity index (χ4n) is 2.67. The number of ether oxygens (including phenoxy) is 1. The van der Waals surface area contributed by atoms with E-state index >= 15 is 0 Å². The van der Waals surface area contributed by atoms with E-state index in [0.29, 0.717) is 17.8 Å². The van der Waals surface area contributed by atoms with Gasteiger partial charge >= 0.3 is 0 Å². The molecule has 0 saturated heterocycles. The second-order valence-corrected chi connectivity index (χ2v) is 6.56. The molecule has 0 aliphatic carbocycles. The molecule has 1 aromatic heterocycles. The van der Waals surface area contributed by atoms with Gasteiger partial charge in [0, 0.05) is 11.8 Å². The predicted molar refractivity (Wildman–Crippen MR) is 103 cm³/mol. The number of carbonyl (C=O) groups is 1. The number of nitrogens with one attached hydrogen (secondary N) is 1. The van der Waals surface area contributed by atoms with Crippen LogP contribution < -0.4 is 10.1 Å². The van der Waals surface area contributed by atoms with E-state index in [1.807, 2.05) is 30.8 Å². The van der Waals surface area contributed by atoms with Crippen LogP contribution in [0.5, 0.6) is 5.75 Å². The highest BCUT2D eigenvalue weighted by atomic mass is 16.5. The Morgan fingerprint density at radius 2 is 1.96 bits per heavy atom. The molecule has 3 aromatic rings. The van der Waals surface area contributed by atoms with Crippen molar-refractivity contribution in [3.8, 4) is 5.75 Å². The summed E-state index contributed by atoms with van der Waals surface area (Å²) in [6.07, 6.45) is 3.59. The summed E-state index contributed by atoms with van der Waals surface area (Å²) < 4.78 is 7.40. The van der Waals surface area contributed by atoms with Crippen molar-refractivity contribution in [3.63, 3.8) is 0 Å². The number of hydrogen-bond acceptors (Lipinski definition) is 3. The van der Waals surface area contributed by atoms with Gasteiger partial charge in [-0.25, -0.2) is 0 Å². The summed E-state index contributed by atoms with van der Waals surface area (Å²) in [6.45, 7) is 6.67. The van der Waals surface area contributed by atoms with Crippen LogP contribution in [0.15, 0.2) is 60.9 Å². The molecule has 0 bridgehead atoms. The molecule has 0 unspecified atom stereocenters. The highest BCUT2D eigenvalue weighted by molar-refractivity contribution is 6.04. The first-order valence-electron chi connectivity index (χ1n) is 8.65. The summed E-state index contributed by atoms with van der Waals surface area (Å²) in [4.78, 5) is 12.4. The van der Waals surface area contributed by atoms with E-state index in [0.717, 1.165) is 5.75 Å². The number of amides is 1. The number of benzene rings is 2. The summed E-state index contributed by atoms with van der Waals surface area (Å²) in [5.41, 5.74) is 3.64. The van der Waals surface area contributed by atoms with Crippen molar-refractivity contribution in [2.45, 2.75) is 33.4 Å². The molecule has 1 heterocycles. The van der Waals surface area contributed by atoms with Crippen LogP contribution in [0.1, 0.15) is 35.3 Å². The molecule has 2 aromatic carbocycles. The Bertz CT molecular complexity index is 882. The van der Waals surface area contributed by atoms with Crippen molar-refractivity contribution in [3.05, 3.63) is 77.6 Å². The number of anilines is 1. The lowest BCUT2D eigenvalue weighted by Gasteiger charge is -2.10. The molecule has 0 fully saturated rings. The molecular formula is C21H23N3O2. The van der Waals surface area contributed by atoms with Crippen LogP contribution in [0.2, 0.25) is 0 Å². The summed E-state index contributed by atoms with van der Waals surface area (Å²) in [6, 6.07) is 15.4. The molecule has 134 valence electrons. The maximum atomic E-state index is 12.4. The Morgan fingerprint density at radius 3 is 2.65 bits per heavy atom. The molecule has 0 radical (unpaired) electrons. The van der Waals surface area contributed by atoms with Gasteiger partial charge in [-0.3, -0.25) is 9.48 Å². The Balaban J connectivity index is 1.62. The fraction of sp³-hybridized carbons (Fsp3) is 0.238. The maximum absolute atomic E-state index is 12.4. The third kappa shape index (κ3) is 4.72. The lowest BCUT2D eigenvalue weighted by molar-refractivity contribution is 0.102. The van der Waals surface area contributed by atoms with Crippen LogP contribution in [0.4, 0.5) is 5.69 Å². The zero-order valence-electron chi connectivity index (χ0n) is 15.3. The second kappa shape index (κ2) is 7.87. The van der Waals surface area contributed by atoms with Gasteiger partial charge in [-0.15, -0.1) is 0 Å². The standard InChI is InChI=1S/C21H23N3O2/c1-15(2)26-20-9-7-18(8-10-20)21(25)23-19-12-22-24(14-19)13-17-6-4-5-16(3)11-17/h4-12,14-15H,13H2,1-3H3,(H,23,25). The lowest BCUT2D eigenvalue weighted by atomic mass is 10.1. The quantitative estimate of drug-likeness (QED) is 0.723. The van der Waals surface area contributed by atoms with Crippen molar-refractivity contribution < 1.29 is 9.53 Å². The van der Waals surface area contributed by atoms with E-state index in [1.54, 1.807) is 30.5 Å². The van der Waals surface area contributed by atoms with Crippen LogP contribution >= 0.6 is 0 Å². The molecular weight excluding hydrogens is 326 g/mol. The number of nitrogens with zero attached hydrogens (tertiary/aromatic N) is 2. The summed E-state index contributed by atoms with van der Waals surface area (Å²) in [5.74, 6) is 0.582. The lowest BCUT2D eigenvalue weighted by Crippen LogP contribution is -2.11. The average molecular weight is 349 g/mol. The Kier molecular flexibility index (Phi) is 5.37. The third-order valence-electron chi connectivity index (χ3n) is 3.81. The number of aryl methyl sites for hydroxylation is 1. The summed E-state index contributed by atoms with van der Waals surface area (Å²) >= 11 is 0. The molecule has 5 nitrogen and oxygen atoms in total. The van der Waals surface area contributed by atoms with Crippen LogP contribution in [0, 0.1) is 6.92 Å². The van der Waals surface area contributed by atoms with Gasteiger partial charge in [-0.1, -0.05) is 29.8 Å². The smallest absolute Gasteiger partial charge is 0.255 e. The SMILES string of the molecule is Cc1cccc(Cn2cc(NC(=O)c3ccc(OC(C)C)cc3)cn2)c1. The Hall–Kier alpha value is -3.08. The van der Waals surface area contributed by atoms with Crippen molar-refractivity contribution in [1.29, 1.82) is 0 Å². The molecule has 1 N–H and O–H groups in total. The fourth-order valence-corrected chi connectivity index (χ4v) is 2.67. The van der Waals surface area contributed by atoms with E-state index in [4.69, 9.17) is 4.74 Å². The second-order valence-electron chi connectivity index (χ2n) is 6.56. The van der Waals surface area contributed by atoms with Crippen LogP contribution in [-0.2, 0) is 6.54 Å². The first-order chi connectivity index (χ1) is 12.5. The molecule has 0 atom stereocenters. The maximum Gasteiger partial charge on any atom is 0.255 e. The number of aromatic nitrogens is 2. The van der Waals surface area contributed by atoms with Crippen LogP contribution in [0.3, 0.4) is 0 Å². The van der Waals surface area contributed by atoms with E-state index in [-0.39, 0.29) is 12.0 Å². The first kappa shape index (κ1) is 17.7. The highest BCUT2D eigenvalue weighted by Crippen LogP contribution is 2.16. The minimum absolute atomic E-state index is 0.105. The number of rotatable bonds is 6. The van der Waals surface area contributed by atoms with Gasteiger partial charge in [0.15, 0.2) is 0 Å². The first-order valence-corrected chi connectivity index (χ1v) is 8.65. The molecule has 0 spiro atoms.